The lowest BCUT2D eigenvalue weighted by Crippen LogP contribution is -2.22. The lowest BCUT2D eigenvalue weighted by Gasteiger charge is -2.11. The summed E-state index contributed by atoms with van der Waals surface area (Å²) in [5.41, 5.74) is 7.75. The van der Waals surface area contributed by atoms with E-state index >= 15 is 0 Å². The molecule has 0 fully saturated rings. The minimum Gasteiger partial charge on any atom is -0.493 e. The fourth-order valence-electron chi connectivity index (χ4n) is 2.29. The van der Waals surface area contributed by atoms with Crippen molar-refractivity contribution in [3.05, 3.63) is 52.0 Å². The Bertz CT molecular complexity index is 757. The van der Waals surface area contributed by atoms with Gasteiger partial charge in [0.25, 0.3) is 0 Å². The van der Waals surface area contributed by atoms with Crippen LogP contribution in [0.4, 0.5) is 5.69 Å². The number of methoxy groups -OCH3 is 2. The molecule has 0 saturated carbocycles. The Morgan fingerprint density at radius 2 is 1.81 bits per heavy atom. The highest BCUT2D eigenvalue weighted by Gasteiger charge is 2.05. The van der Waals surface area contributed by atoms with Crippen molar-refractivity contribution in [2.24, 2.45) is 10.7 Å². The molecule has 0 spiro atoms. The van der Waals surface area contributed by atoms with Crippen molar-refractivity contribution in [1.82, 2.24) is 0 Å². The van der Waals surface area contributed by atoms with E-state index in [9.17, 15) is 0 Å². The molecule has 0 aliphatic heterocycles. The largest absolute Gasteiger partial charge is 0.493 e. The molecule has 0 radical (unpaired) electrons. The summed E-state index contributed by atoms with van der Waals surface area (Å²) in [6.07, 6.45) is 1.64. The van der Waals surface area contributed by atoms with Crippen LogP contribution in [-0.4, -0.2) is 26.7 Å². The van der Waals surface area contributed by atoms with Crippen LogP contribution < -0.4 is 20.5 Å². The first-order valence-corrected chi connectivity index (χ1v) is 8.52. The number of ether oxygens (including phenoxy) is 2. The average molecular weight is 510 g/mol. The first kappa shape index (κ1) is 22.7. The van der Waals surface area contributed by atoms with Crippen molar-refractivity contribution in [1.29, 1.82) is 0 Å². The molecule has 0 atom stereocenters. The van der Waals surface area contributed by atoms with Gasteiger partial charge in [0.05, 0.1) is 14.2 Å². The molecule has 0 aromatic heterocycles. The summed E-state index contributed by atoms with van der Waals surface area (Å²) < 4.78 is 10.5. The molecule has 0 bridgehead atoms. The number of benzene rings is 2. The molecule has 0 unspecified atom stereocenters. The van der Waals surface area contributed by atoms with Gasteiger partial charge in [-0.2, -0.15) is 0 Å². The lowest BCUT2D eigenvalue weighted by molar-refractivity contribution is 0.355. The van der Waals surface area contributed by atoms with Crippen molar-refractivity contribution < 1.29 is 9.47 Å². The van der Waals surface area contributed by atoms with Crippen molar-refractivity contribution in [2.75, 3.05) is 26.1 Å². The van der Waals surface area contributed by atoms with E-state index in [1.807, 2.05) is 18.2 Å². The molecule has 5 nitrogen and oxygen atoms in total. The SMILES string of the molecule is COc1ccc(NC(N)=NCCCc2ccc(Cl)cc2Cl)cc1OC.I. The van der Waals surface area contributed by atoms with E-state index < -0.39 is 0 Å². The molecule has 0 amide bonds. The Labute approximate surface area is 180 Å². The summed E-state index contributed by atoms with van der Waals surface area (Å²) in [5, 5.41) is 4.34. The second kappa shape index (κ2) is 11.4. The molecule has 2 aromatic rings. The van der Waals surface area contributed by atoms with Crippen LogP contribution in [0.3, 0.4) is 0 Å². The third-order valence-electron chi connectivity index (χ3n) is 3.56. The number of nitrogens with one attached hydrogen (secondary N) is 1. The van der Waals surface area contributed by atoms with Gasteiger partial charge in [-0.1, -0.05) is 29.3 Å². The van der Waals surface area contributed by atoms with Crippen molar-refractivity contribution >= 4 is 58.8 Å². The zero-order chi connectivity index (χ0) is 18.2. The first-order chi connectivity index (χ1) is 12.0. The van der Waals surface area contributed by atoms with Crippen LogP contribution in [0.25, 0.3) is 0 Å². The maximum Gasteiger partial charge on any atom is 0.193 e. The van der Waals surface area contributed by atoms with Crippen LogP contribution in [0.2, 0.25) is 10.0 Å². The first-order valence-electron chi connectivity index (χ1n) is 7.76. The second-order valence-electron chi connectivity index (χ2n) is 5.30. The van der Waals surface area contributed by atoms with Crippen LogP contribution in [0.15, 0.2) is 41.4 Å². The normalized spacial score (nSPS) is 10.8. The highest BCUT2D eigenvalue weighted by molar-refractivity contribution is 14.0. The number of nitrogens with zero attached hydrogens (tertiary/aromatic N) is 1. The van der Waals surface area contributed by atoms with Crippen molar-refractivity contribution in [2.45, 2.75) is 12.8 Å². The quantitative estimate of drug-likeness (QED) is 0.239. The molecule has 2 aromatic carbocycles. The molecule has 26 heavy (non-hydrogen) atoms. The fraction of sp³-hybridized carbons (Fsp3) is 0.278. The topological polar surface area (TPSA) is 68.9 Å². The summed E-state index contributed by atoms with van der Waals surface area (Å²) in [7, 11) is 3.18. The number of nitrogens with two attached hydrogens (primary N) is 1. The molecular formula is C18H22Cl2IN3O2. The molecule has 0 aliphatic rings. The maximum absolute atomic E-state index is 6.15. The monoisotopic (exact) mass is 509 g/mol. The molecule has 142 valence electrons. The second-order valence-corrected chi connectivity index (χ2v) is 6.14. The minimum absolute atomic E-state index is 0. The Kier molecular flexibility index (Phi) is 9.90. The zero-order valence-electron chi connectivity index (χ0n) is 14.6. The average Bonchev–Trinajstić information content (AvgIpc) is 2.60. The van der Waals surface area contributed by atoms with E-state index in [1.165, 1.54) is 0 Å². The Morgan fingerprint density at radius 1 is 1.08 bits per heavy atom. The summed E-state index contributed by atoms with van der Waals surface area (Å²) in [5.74, 6) is 1.62. The van der Waals surface area contributed by atoms with E-state index in [4.69, 9.17) is 38.4 Å². The van der Waals surface area contributed by atoms with Gasteiger partial charge in [-0.05, 0) is 42.7 Å². The third-order valence-corrected chi connectivity index (χ3v) is 4.14. The van der Waals surface area contributed by atoms with Crippen molar-refractivity contribution in [3.63, 3.8) is 0 Å². The highest BCUT2D eigenvalue weighted by Crippen LogP contribution is 2.29. The van der Waals surface area contributed by atoms with Crippen LogP contribution in [0.1, 0.15) is 12.0 Å². The summed E-state index contributed by atoms with van der Waals surface area (Å²) >= 11 is 12.0. The smallest absolute Gasteiger partial charge is 0.193 e. The number of guanidine groups is 1. The summed E-state index contributed by atoms with van der Waals surface area (Å²) in [6, 6.07) is 11.0. The van der Waals surface area contributed by atoms with E-state index in [0.29, 0.717) is 34.0 Å². The summed E-state index contributed by atoms with van der Waals surface area (Å²) in [6.45, 7) is 0.588. The number of hydrogen-bond donors (Lipinski definition) is 2. The zero-order valence-corrected chi connectivity index (χ0v) is 18.4. The van der Waals surface area contributed by atoms with E-state index in [1.54, 1.807) is 32.4 Å². The molecule has 3 N–H and O–H groups in total. The van der Waals surface area contributed by atoms with E-state index in [0.717, 1.165) is 24.1 Å². The van der Waals surface area contributed by atoms with Gasteiger partial charge in [0, 0.05) is 28.3 Å². The number of anilines is 1. The lowest BCUT2D eigenvalue weighted by atomic mass is 10.1. The fourth-order valence-corrected chi connectivity index (χ4v) is 2.80. The Hall–Kier alpha value is -1.38. The molecular weight excluding hydrogens is 488 g/mol. The number of hydrogen-bond acceptors (Lipinski definition) is 3. The Balaban J connectivity index is 0.00000338. The standard InChI is InChI=1S/C18H21Cl2N3O2.HI/c1-24-16-8-7-14(11-17(16)25-2)23-18(21)22-9-3-4-12-5-6-13(19)10-15(12)20;/h5-8,10-11H,3-4,9H2,1-2H3,(H3,21,22,23);1H. The number of rotatable bonds is 7. The van der Waals surface area contributed by atoms with Gasteiger partial charge in [0.1, 0.15) is 0 Å². The number of aliphatic imine (C=N–C) groups is 1. The molecule has 8 heteroatoms. The van der Waals surface area contributed by atoms with Gasteiger partial charge in [0.2, 0.25) is 0 Å². The number of halogens is 3. The van der Waals surface area contributed by atoms with Gasteiger partial charge in [-0.3, -0.25) is 4.99 Å². The van der Waals surface area contributed by atoms with Crippen LogP contribution in [-0.2, 0) is 6.42 Å². The van der Waals surface area contributed by atoms with Crippen LogP contribution >= 0.6 is 47.2 Å². The van der Waals surface area contributed by atoms with Crippen LogP contribution in [0, 0.1) is 0 Å². The van der Waals surface area contributed by atoms with Gasteiger partial charge >= 0.3 is 0 Å². The van der Waals surface area contributed by atoms with Gasteiger partial charge < -0.3 is 20.5 Å². The highest BCUT2D eigenvalue weighted by atomic mass is 127. The molecule has 0 aliphatic carbocycles. The van der Waals surface area contributed by atoms with Crippen molar-refractivity contribution in [3.8, 4) is 11.5 Å². The van der Waals surface area contributed by atoms with Gasteiger partial charge in [-0.25, -0.2) is 0 Å². The van der Waals surface area contributed by atoms with Crippen LogP contribution in [0.5, 0.6) is 11.5 Å². The molecule has 2 rings (SSSR count). The summed E-state index contributed by atoms with van der Waals surface area (Å²) in [4.78, 5) is 4.32. The predicted molar refractivity (Wildman–Crippen MR) is 120 cm³/mol. The Morgan fingerprint density at radius 3 is 2.46 bits per heavy atom. The van der Waals surface area contributed by atoms with Gasteiger partial charge in [-0.15, -0.1) is 24.0 Å². The van der Waals surface area contributed by atoms with E-state index in [-0.39, 0.29) is 24.0 Å². The minimum atomic E-state index is 0. The predicted octanol–water partition coefficient (Wildman–Crippen LogP) is 4.99. The maximum atomic E-state index is 6.15. The third kappa shape index (κ3) is 6.74. The van der Waals surface area contributed by atoms with E-state index in [2.05, 4.69) is 10.3 Å². The van der Waals surface area contributed by atoms with Gasteiger partial charge in [0.15, 0.2) is 17.5 Å². The number of aryl methyl sites for hydroxylation is 1. The molecule has 0 saturated heterocycles. The molecule has 0 heterocycles.